The fourth-order valence-electron chi connectivity index (χ4n) is 1.97. The first-order chi connectivity index (χ1) is 8.60. The van der Waals surface area contributed by atoms with E-state index in [0.717, 1.165) is 28.1 Å². The van der Waals surface area contributed by atoms with E-state index in [1.54, 1.807) is 12.1 Å². The summed E-state index contributed by atoms with van der Waals surface area (Å²) in [5, 5.41) is 0. The number of benzene rings is 1. The van der Waals surface area contributed by atoms with Gasteiger partial charge in [0, 0.05) is 5.56 Å². The molecule has 0 N–H and O–H groups in total. The van der Waals surface area contributed by atoms with Crippen LogP contribution in [0.4, 0.5) is 0 Å². The lowest BCUT2D eigenvalue weighted by Gasteiger charge is -2.15. The Balaban J connectivity index is 2.03. The van der Waals surface area contributed by atoms with Crippen LogP contribution in [-0.4, -0.2) is 25.1 Å². The second-order valence-electron chi connectivity index (χ2n) is 4.39. The highest BCUT2D eigenvalue weighted by molar-refractivity contribution is 9.11. The molecule has 5 heteroatoms. The van der Waals surface area contributed by atoms with Gasteiger partial charge in [-0.25, -0.2) is 0 Å². The molecule has 3 nitrogen and oxygen atoms in total. The summed E-state index contributed by atoms with van der Waals surface area (Å²) < 4.78 is 13.0. The number of carbonyl (C=O) groups is 1. The normalized spacial score (nSPS) is 23.1. The van der Waals surface area contributed by atoms with Crippen LogP contribution in [-0.2, 0) is 4.74 Å². The van der Waals surface area contributed by atoms with E-state index in [4.69, 9.17) is 9.47 Å². The minimum atomic E-state index is 0.157. The number of hydrogen-bond acceptors (Lipinski definition) is 3. The molecule has 0 bridgehead atoms. The van der Waals surface area contributed by atoms with Crippen LogP contribution in [0.1, 0.15) is 30.1 Å². The zero-order chi connectivity index (χ0) is 13.1. The van der Waals surface area contributed by atoms with Gasteiger partial charge in [0.2, 0.25) is 0 Å². The van der Waals surface area contributed by atoms with Crippen LogP contribution in [0.15, 0.2) is 21.1 Å². The van der Waals surface area contributed by atoms with Crippen molar-refractivity contribution >= 4 is 38.1 Å². The van der Waals surface area contributed by atoms with Crippen molar-refractivity contribution in [3.05, 3.63) is 26.6 Å². The average Bonchev–Trinajstić information content (AvgIpc) is 2.73. The Bertz CT molecular complexity index is 425. The quantitative estimate of drug-likeness (QED) is 0.744. The number of carbonyl (C=O) groups excluding carboxylic acids is 1. The first-order valence-corrected chi connectivity index (χ1v) is 7.41. The van der Waals surface area contributed by atoms with Crippen molar-refractivity contribution in [2.24, 2.45) is 0 Å². The number of halogens is 2. The lowest BCUT2D eigenvalue weighted by atomic mass is 10.2. The topological polar surface area (TPSA) is 35.5 Å². The Morgan fingerprint density at radius 1 is 1.39 bits per heavy atom. The summed E-state index contributed by atoms with van der Waals surface area (Å²) in [6.45, 7) is 2.60. The van der Waals surface area contributed by atoms with E-state index in [1.807, 2.05) is 0 Å². The fraction of sp³-hybridized carbons (Fsp3) is 0.462. The number of hydrogen-bond donors (Lipinski definition) is 0. The third kappa shape index (κ3) is 3.33. The standard InChI is InChI=1S/C13H14Br2O3/c1-8-2-3-10(18-8)7-17-13-11(14)4-9(6-16)5-12(13)15/h4-6,8,10H,2-3,7H2,1H3. The molecule has 0 aromatic heterocycles. The minimum absolute atomic E-state index is 0.157. The molecule has 1 fully saturated rings. The second-order valence-corrected chi connectivity index (χ2v) is 6.10. The van der Waals surface area contributed by atoms with Crippen molar-refractivity contribution in [2.45, 2.75) is 32.0 Å². The summed E-state index contributed by atoms with van der Waals surface area (Å²) in [5.74, 6) is 0.712. The smallest absolute Gasteiger partial charge is 0.150 e. The van der Waals surface area contributed by atoms with Gasteiger partial charge in [-0.1, -0.05) is 0 Å². The maximum Gasteiger partial charge on any atom is 0.150 e. The van der Waals surface area contributed by atoms with Crippen molar-refractivity contribution in [1.29, 1.82) is 0 Å². The van der Waals surface area contributed by atoms with Gasteiger partial charge in [-0.2, -0.15) is 0 Å². The molecule has 1 saturated heterocycles. The molecule has 0 amide bonds. The molecule has 1 aromatic rings. The van der Waals surface area contributed by atoms with Gasteiger partial charge in [0.1, 0.15) is 18.6 Å². The molecule has 2 rings (SSSR count). The molecular weight excluding hydrogens is 364 g/mol. The highest BCUT2D eigenvalue weighted by Gasteiger charge is 2.23. The van der Waals surface area contributed by atoms with Gasteiger partial charge in [-0.05, 0) is 63.8 Å². The van der Waals surface area contributed by atoms with E-state index in [-0.39, 0.29) is 6.10 Å². The summed E-state index contributed by atoms with van der Waals surface area (Å²) in [6, 6.07) is 3.48. The molecule has 1 aromatic carbocycles. The Hall–Kier alpha value is -0.390. The molecule has 98 valence electrons. The van der Waals surface area contributed by atoms with Gasteiger partial charge < -0.3 is 9.47 Å². The van der Waals surface area contributed by atoms with Gasteiger partial charge in [0.25, 0.3) is 0 Å². The van der Waals surface area contributed by atoms with E-state index < -0.39 is 0 Å². The third-order valence-electron chi connectivity index (χ3n) is 2.89. The SMILES string of the molecule is CC1CCC(COc2c(Br)cc(C=O)cc2Br)O1. The molecule has 0 radical (unpaired) electrons. The third-order valence-corrected chi connectivity index (χ3v) is 4.07. The fourth-order valence-corrected chi connectivity index (χ4v) is 3.42. The van der Waals surface area contributed by atoms with E-state index in [0.29, 0.717) is 24.0 Å². The van der Waals surface area contributed by atoms with Gasteiger partial charge in [0.15, 0.2) is 0 Å². The van der Waals surface area contributed by atoms with Crippen LogP contribution in [0.3, 0.4) is 0 Å². The summed E-state index contributed by atoms with van der Waals surface area (Å²) in [5.41, 5.74) is 0.604. The first kappa shape index (κ1) is 14.0. The number of aldehydes is 1. The maximum atomic E-state index is 10.7. The zero-order valence-corrected chi connectivity index (χ0v) is 13.2. The predicted molar refractivity (Wildman–Crippen MR) is 76.3 cm³/mol. The van der Waals surface area contributed by atoms with Crippen LogP contribution >= 0.6 is 31.9 Å². The molecule has 0 aliphatic carbocycles. The van der Waals surface area contributed by atoms with Crippen molar-refractivity contribution in [3.8, 4) is 5.75 Å². The highest BCUT2D eigenvalue weighted by atomic mass is 79.9. The molecule has 2 atom stereocenters. The Labute approximate surface area is 123 Å². The average molecular weight is 378 g/mol. The Morgan fingerprint density at radius 2 is 2.06 bits per heavy atom. The molecule has 0 saturated carbocycles. The molecule has 0 spiro atoms. The molecule has 1 aliphatic rings. The van der Waals surface area contributed by atoms with Crippen LogP contribution in [0.2, 0.25) is 0 Å². The van der Waals surface area contributed by atoms with Crippen molar-refractivity contribution in [3.63, 3.8) is 0 Å². The van der Waals surface area contributed by atoms with E-state index >= 15 is 0 Å². The Kier molecular flexibility index (Phi) is 4.81. The van der Waals surface area contributed by atoms with E-state index in [9.17, 15) is 4.79 Å². The van der Waals surface area contributed by atoms with Crippen LogP contribution in [0.25, 0.3) is 0 Å². The second kappa shape index (κ2) is 6.17. The molecule has 18 heavy (non-hydrogen) atoms. The minimum Gasteiger partial charge on any atom is -0.489 e. The lowest BCUT2D eigenvalue weighted by molar-refractivity contribution is 0.0261. The number of rotatable bonds is 4. The highest BCUT2D eigenvalue weighted by Crippen LogP contribution is 2.35. The van der Waals surface area contributed by atoms with Gasteiger partial charge in [0.05, 0.1) is 21.2 Å². The van der Waals surface area contributed by atoms with Gasteiger partial charge in [-0.3, -0.25) is 4.79 Å². The molecule has 2 unspecified atom stereocenters. The van der Waals surface area contributed by atoms with Crippen LogP contribution in [0.5, 0.6) is 5.75 Å². The van der Waals surface area contributed by atoms with E-state index in [2.05, 4.69) is 38.8 Å². The van der Waals surface area contributed by atoms with Crippen LogP contribution in [0, 0.1) is 0 Å². The van der Waals surface area contributed by atoms with Gasteiger partial charge in [-0.15, -0.1) is 0 Å². The summed E-state index contributed by atoms with van der Waals surface area (Å²) in [6.07, 6.45) is 3.40. The molecular formula is C13H14Br2O3. The summed E-state index contributed by atoms with van der Waals surface area (Å²) in [7, 11) is 0. The Morgan fingerprint density at radius 3 is 2.56 bits per heavy atom. The monoisotopic (exact) mass is 376 g/mol. The summed E-state index contributed by atoms with van der Waals surface area (Å²) in [4.78, 5) is 10.7. The zero-order valence-electron chi connectivity index (χ0n) is 9.99. The van der Waals surface area contributed by atoms with Crippen LogP contribution < -0.4 is 4.74 Å². The number of ether oxygens (including phenoxy) is 2. The van der Waals surface area contributed by atoms with Gasteiger partial charge >= 0.3 is 0 Å². The van der Waals surface area contributed by atoms with Crippen molar-refractivity contribution < 1.29 is 14.3 Å². The molecule has 1 aliphatic heterocycles. The first-order valence-electron chi connectivity index (χ1n) is 5.82. The largest absolute Gasteiger partial charge is 0.489 e. The van der Waals surface area contributed by atoms with E-state index in [1.165, 1.54) is 0 Å². The summed E-state index contributed by atoms with van der Waals surface area (Å²) >= 11 is 6.81. The maximum absolute atomic E-state index is 10.7. The molecule has 1 heterocycles. The predicted octanol–water partition coefficient (Wildman–Crippen LogP) is 3.97. The van der Waals surface area contributed by atoms with Crippen molar-refractivity contribution in [1.82, 2.24) is 0 Å². The lowest BCUT2D eigenvalue weighted by Crippen LogP contribution is -2.18. The van der Waals surface area contributed by atoms with Crippen molar-refractivity contribution in [2.75, 3.05) is 6.61 Å².